The van der Waals surface area contributed by atoms with Gasteiger partial charge in [-0.15, -0.1) is 24.8 Å². The number of hydrogen-bond donors (Lipinski definition) is 2. The summed E-state index contributed by atoms with van der Waals surface area (Å²) in [6.45, 7) is 6.89. The number of rotatable bonds is 5. The molecule has 2 N–H and O–H groups in total. The van der Waals surface area contributed by atoms with E-state index in [4.69, 9.17) is 4.82 Å². The van der Waals surface area contributed by atoms with E-state index < -0.39 is 15.1 Å². The molecule has 2 rings (SSSR count). The molecule has 0 aromatic heterocycles. The maximum absolute atomic E-state index is 9.34. The van der Waals surface area contributed by atoms with E-state index in [9.17, 15) is 5.11 Å². The molecule has 0 heterocycles. The minimum atomic E-state index is -3.26. The number of aliphatic hydroxyl groups excluding tert-OH is 1. The van der Waals surface area contributed by atoms with E-state index in [1.54, 1.807) is 0 Å². The van der Waals surface area contributed by atoms with Crippen LogP contribution in [0.3, 0.4) is 0 Å². The van der Waals surface area contributed by atoms with Crippen LogP contribution in [0.25, 0.3) is 6.08 Å². The van der Waals surface area contributed by atoms with Crippen LogP contribution in [-0.4, -0.2) is 22.1 Å². The van der Waals surface area contributed by atoms with E-state index in [2.05, 4.69) is 66.2 Å². The topological polar surface area (TPSA) is 32.3 Å². The average molecular weight is 396 g/mol. The zero-order valence-corrected chi connectivity index (χ0v) is 17.8. The molecule has 0 fully saturated rings. The monoisotopic (exact) mass is 395 g/mol. The van der Waals surface area contributed by atoms with Crippen LogP contribution in [0.5, 0.6) is 0 Å². The molecular weight excluding hydrogens is 365 g/mol. The van der Waals surface area contributed by atoms with Crippen LogP contribution < -0.4 is 3.80 Å². The van der Waals surface area contributed by atoms with Gasteiger partial charge in [0.2, 0.25) is 0 Å². The van der Waals surface area contributed by atoms with Gasteiger partial charge in [-0.25, -0.2) is 0 Å². The van der Waals surface area contributed by atoms with E-state index in [1.807, 2.05) is 0 Å². The van der Waals surface area contributed by atoms with Gasteiger partial charge in [0.1, 0.15) is 0 Å². The summed E-state index contributed by atoms with van der Waals surface area (Å²) in [5, 5.41) is 11.7. The minimum absolute atomic E-state index is 0. The number of benzene rings is 1. The van der Waals surface area contributed by atoms with Crippen LogP contribution in [0.4, 0.5) is 0 Å². The SMILES string of the molecule is Cl.Cl.[CH2]=[Ti]([CH3])([CH2]CCO)([NH]C(C)(C)C)[CH]1C=Cc2ccccc21. The molecule has 0 radical (unpaired) electrons. The molecule has 0 saturated carbocycles. The molecule has 0 aliphatic heterocycles. The van der Waals surface area contributed by atoms with E-state index in [1.165, 1.54) is 11.1 Å². The van der Waals surface area contributed by atoms with Crippen molar-refractivity contribution in [3.63, 3.8) is 0 Å². The van der Waals surface area contributed by atoms with Crippen molar-refractivity contribution in [2.75, 3.05) is 6.61 Å². The molecular formula is C18H31Cl2NOTi. The molecule has 0 bridgehead atoms. The van der Waals surface area contributed by atoms with Crippen LogP contribution in [0.1, 0.15) is 42.5 Å². The van der Waals surface area contributed by atoms with E-state index in [-0.39, 0.29) is 37.0 Å². The van der Waals surface area contributed by atoms with Gasteiger partial charge in [-0.2, -0.15) is 0 Å². The average Bonchev–Trinajstić information content (AvgIpc) is 2.79. The van der Waals surface area contributed by atoms with Gasteiger partial charge in [0, 0.05) is 0 Å². The molecule has 0 saturated heterocycles. The fourth-order valence-electron chi connectivity index (χ4n) is 3.97. The summed E-state index contributed by atoms with van der Waals surface area (Å²) in [6, 6.07) is 8.63. The predicted molar refractivity (Wildman–Crippen MR) is 105 cm³/mol. The molecule has 1 unspecified atom stereocenters. The molecule has 1 aliphatic rings. The standard InChI is InChI=1S/C9H7.C4H10N.C3H7O.CH3.CH2.2ClH.Ti/c1-2-5-9-7-3-6-8(9)4-1;1-4(2,3)5;1-2-3-4;;;;;/h1-7H;5H,1-3H3;4H,1-3H2;1H3;1H2;2*1H;/q;-1;;;;;;+1. The Labute approximate surface area is 154 Å². The molecule has 2 nitrogen and oxygen atoms in total. The van der Waals surface area contributed by atoms with Gasteiger partial charge >= 0.3 is 130 Å². The molecule has 132 valence electrons. The molecule has 0 amide bonds. The fourth-order valence-corrected chi connectivity index (χ4v) is 13.0. The number of halogens is 2. The Bertz CT molecular complexity index is 622. The van der Waals surface area contributed by atoms with Gasteiger partial charge < -0.3 is 0 Å². The summed E-state index contributed by atoms with van der Waals surface area (Å²) in [5.74, 6) is 0. The van der Waals surface area contributed by atoms with Crippen molar-refractivity contribution >= 4 is 35.7 Å². The van der Waals surface area contributed by atoms with Gasteiger partial charge in [-0.3, -0.25) is 0 Å². The Morgan fingerprint density at radius 2 is 1.83 bits per heavy atom. The van der Waals surface area contributed by atoms with E-state index in [0.29, 0.717) is 4.22 Å². The molecule has 23 heavy (non-hydrogen) atoms. The summed E-state index contributed by atoms with van der Waals surface area (Å²) in [5.41, 5.74) is 2.76. The van der Waals surface area contributed by atoms with E-state index in [0.717, 1.165) is 11.1 Å². The molecule has 1 atom stereocenters. The van der Waals surface area contributed by atoms with Crippen LogP contribution in [-0.2, 0) is 15.1 Å². The van der Waals surface area contributed by atoms with Crippen molar-refractivity contribution in [3.05, 3.63) is 41.5 Å². The Kier molecular flexibility index (Phi) is 7.96. The number of nitrogens with one attached hydrogen (secondary N) is 1. The quantitative estimate of drug-likeness (QED) is 0.696. The van der Waals surface area contributed by atoms with E-state index >= 15 is 0 Å². The normalized spacial score (nSPS) is 17.2. The van der Waals surface area contributed by atoms with Crippen molar-refractivity contribution < 1.29 is 20.2 Å². The van der Waals surface area contributed by atoms with Gasteiger partial charge in [0.25, 0.3) is 0 Å². The van der Waals surface area contributed by atoms with Crippen LogP contribution in [0.2, 0.25) is 9.95 Å². The van der Waals surface area contributed by atoms with Crippen molar-refractivity contribution in [2.24, 2.45) is 0 Å². The van der Waals surface area contributed by atoms with Crippen molar-refractivity contribution in [2.45, 2.75) is 46.9 Å². The van der Waals surface area contributed by atoms with Crippen molar-refractivity contribution in [1.29, 1.82) is 0 Å². The Balaban J connectivity index is 0.00000242. The van der Waals surface area contributed by atoms with Crippen LogP contribution in [0.15, 0.2) is 30.3 Å². The van der Waals surface area contributed by atoms with Gasteiger partial charge in [-0.1, -0.05) is 0 Å². The summed E-state index contributed by atoms with van der Waals surface area (Å²) < 4.78 is 5.35. The second kappa shape index (κ2) is 7.95. The Morgan fingerprint density at radius 3 is 2.39 bits per heavy atom. The van der Waals surface area contributed by atoms with Gasteiger partial charge in [-0.05, 0) is 0 Å². The summed E-state index contributed by atoms with van der Waals surface area (Å²) in [4.78, 5) is 4.82. The second-order valence-corrected chi connectivity index (χ2v) is 17.7. The third-order valence-electron chi connectivity index (χ3n) is 4.49. The fraction of sp³-hybridized carbons (Fsp3) is 0.500. The first-order chi connectivity index (χ1) is 9.65. The maximum atomic E-state index is 9.34. The molecule has 0 spiro atoms. The molecule has 1 aromatic rings. The first kappa shape index (κ1) is 23.0. The van der Waals surface area contributed by atoms with Crippen LogP contribution in [0, 0.1) is 0 Å². The zero-order chi connectivity index (χ0) is 15.8. The van der Waals surface area contributed by atoms with Crippen LogP contribution >= 0.6 is 24.8 Å². The Morgan fingerprint density at radius 1 is 1.22 bits per heavy atom. The zero-order valence-electron chi connectivity index (χ0n) is 14.6. The van der Waals surface area contributed by atoms with Gasteiger partial charge in [0.05, 0.1) is 0 Å². The first-order valence-electron chi connectivity index (χ1n) is 7.88. The van der Waals surface area contributed by atoms with Gasteiger partial charge in [0.15, 0.2) is 0 Å². The van der Waals surface area contributed by atoms with Crippen molar-refractivity contribution in [1.82, 2.24) is 3.80 Å². The molecule has 1 aromatic carbocycles. The summed E-state index contributed by atoms with van der Waals surface area (Å²) in [7, 11) is 0. The first-order valence-corrected chi connectivity index (χ1v) is 13.3. The predicted octanol–water partition coefficient (Wildman–Crippen LogP) is 4.87. The summed E-state index contributed by atoms with van der Waals surface area (Å²) in [6.07, 6.45) is 5.40. The van der Waals surface area contributed by atoms with Crippen molar-refractivity contribution in [3.8, 4) is 0 Å². The number of hydrogen-bond acceptors (Lipinski definition) is 2. The molecule has 1 aliphatic carbocycles. The summed E-state index contributed by atoms with van der Waals surface area (Å²) >= 11 is -3.26. The third kappa shape index (κ3) is 5.26. The third-order valence-corrected chi connectivity index (χ3v) is 13.2. The number of aliphatic hydroxyl groups is 1. The number of allylic oxidation sites excluding steroid dienone is 1. The number of fused-ring (bicyclic) bond motifs is 1. The Hall–Kier alpha value is 0.0443. The second-order valence-electron chi connectivity index (χ2n) is 8.07. The molecule has 5 heteroatoms.